The molecule has 5 heteroatoms. The lowest BCUT2D eigenvalue weighted by molar-refractivity contribution is -0.145. The summed E-state index contributed by atoms with van der Waals surface area (Å²) in [5.74, 6) is -0.784. The zero-order chi connectivity index (χ0) is 15.7. The number of hydrogen-bond donors (Lipinski definition) is 1. The highest BCUT2D eigenvalue weighted by Gasteiger charge is 2.18. The predicted octanol–water partition coefficient (Wildman–Crippen LogP) is 2.18. The van der Waals surface area contributed by atoms with Crippen LogP contribution >= 0.6 is 0 Å². The molecule has 1 aromatic rings. The molecular formula is C16H18O5. The van der Waals surface area contributed by atoms with Gasteiger partial charge in [-0.15, -0.1) is 0 Å². The molecule has 0 fully saturated rings. The second-order valence-electron chi connectivity index (χ2n) is 4.54. The van der Waals surface area contributed by atoms with Gasteiger partial charge in [0.1, 0.15) is 24.9 Å². The van der Waals surface area contributed by atoms with Crippen LogP contribution in [0, 0.1) is 5.92 Å². The van der Waals surface area contributed by atoms with E-state index in [1.807, 2.05) is 0 Å². The number of aromatic hydroxyl groups is 1. The van der Waals surface area contributed by atoms with Crippen molar-refractivity contribution in [2.75, 3.05) is 0 Å². The largest absolute Gasteiger partial charge is 0.508 e. The lowest BCUT2D eigenvalue weighted by Gasteiger charge is -2.13. The summed E-state index contributed by atoms with van der Waals surface area (Å²) in [5, 5.41) is 9.15. The molecule has 0 spiro atoms. The Bertz CT molecular complexity index is 516. The van der Waals surface area contributed by atoms with Gasteiger partial charge < -0.3 is 14.6 Å². The molecule has 5 nitrogen and oxygen atoms in total. The molecule has 0 amide bonds. The van der Waals surface area contributed by atoms with Crippen LogP contribution < -0.4 is 0 Å². The number of hydrogen-bond acceptors (Lipinski definition) is 5. The Morgan fingerprint density at radius 1 is 1.29 bits per heavy atom. The van der Waals surface area contributed by atoms with E-state index in [0.717, 1.165) is 5.56 Å². The molecule has 1 aromatic carbocycles. The van der Waals surface area contributed by atoms with Gasteiger partial charge in [-0.25, -0.2) is 0 Å². The molecule has 1 atom stereocenters. The Morgan fingerprint density at radius 2 is 1.95 bits per heavy atom. The Morgan fingerprint density at radius 3 is 2.48 bits per heavy atom. The van der Waals surface area contributed by atoms with Gasteiger partial charge >= 0.3 is 5.97 Å². The first kappa shape index (κ1) is 16.6. The maximum absolute atomic E-state index is 11.8. The van der Waals surface area contributed by atoms with E-state index in [-0.39, 0.29) is 25.2 Å². The zero-order valence-corrected chi connectivity index (χ0v) is 11.8. The van der Waals surface area contributed by atoms with Crippen LogP contribution in [0.3, 0.4) is 0 Å². The lowest BCUT2D eigenvalue weighted by Crippen LogP contribution is -2.15. The molecule has 0 radical (unpaired) electrons. The number of phenolic OH excluding ortho intramolecular Hbond substituents is 1. The van der Waals surface area contributed by atoms with Crippen LogP contribution in [-0.2, 0) is 25.7 Å². The van der Waals surface area contributed by atoms with Gasteiger partial charge in [0.2, 0.25) is 0 Å². The van der Waals surface area contributed by atoms with Gasteiger partial charge in [-0.05, 0) is 30.2 Å². The summed E-state index contributed by atoms with van der Waals surface area (Å²) in [6, 6.07) is 6.30. The van der Waals surface area contributed by atoms with E-state index in [4.69, 9.17) is 9.84 Å². The van der Waals surface area contributed by atoms with E-state index in [0.29, 0.717) is 18.1 Å². The number of carbonyl (C=O) groups is 3. The molecule has 1 N–H and O–H groups in total. The molecule has 112 valence electrons. The minimum Gasteiger partial charge on any atom is -0.508 e. The summed E-state index contributed by atoms with van der Waals surface area (Å²) in [6.45, 7) is 1.77. The second kappa shape index (κ2) is 8.68. The van der Waals surface area contributed by atoms with E-state index in [1.165, 1.54) is 12.1 Å². The summed E-state index contributed by atoms with van der Waals surface area (Å²) in [4.78, 5) is 33.3. The Balaban J connectivity index is 2.55. The van der Waals surface area contributed by atoms with Gasteiger partial charge in [0, 0.05) is 12.3 Å². The molecule has 0 aliphatic carbocycles. The van der Waals surface area contributed by atoms with Crippen LogP contribution in [-0.4, -0.2) is 23.6 Å². The topological polar surface area (TPSA) is 80.7 Å². The first-order chi connectivity index (χ1) is 10.1. The first-order valence-corrected chi connectivity index (χ1v) is 6.59. The van der Waals surface area contributed by atoms with Crippen LogP contribution in [0.15, 0.2) is 35.9 Å². The number of rotatable bonds is 8. The maximum atomic E-state index is 11.8. The van der Waals surface area contributed by atoms with Crippen molar-refractivity contribution in [3.05, 3.63) is 41.5 Å². The molecular weight excluding hydrogens is 272 g/mol. The van der Waals surface area contributed by atoms with Gasteiger partial charge in [0.15, 0.2) is 0 Å². The van der Waals surface area contributed by atoms with Crippen molar-refractivity contribution in [2.24, 2.45) is 5.92 Å². The molecule has 0 bridgehead atoms. The Kier molecular flexibility index (Phi) is 6.87. The molecule has 1 unspecified atom stereocenters. The van der Waals surface area contributed by atoms with Gasteiger partial charge in [0.25, 0.3) is 0 Å². The quantitative estimate of drug-likeness (QED) is 0.451. The smallest absolute Gasteiger partial charge is 0.306 e. The minimum atomic E-state index is -0.476. The van der Waals surface area contributed by atoms with E-state index in [2.05, 4.69) is 0 Å². The van der Waals surface area contributed by atoms with Gasteiger partial charge in [-0.2, -0.15) is 0 Å². The van der Waals surface area contributed by atoms with Gasteiger partial charge in [-0.3, -0.25) is 9.59 Å². The molecule has 0 saturated heterocycles. The van der Waals surface area contributed by atoms with Crippen molar-refractivity contribution in [1.82, 2.24) is 0 Å². The summed E-state index contributed by atoms with van der Waals surface area (Å²) in [6.07, 6.45) is 3.02. The SMILES string of the molecule is C/C=C(/C=O)C(CC=O)CC(=O)OCc1ccc(O)cc1. The summed E-state index contributed by atoms with van der Waals surface area (Å²) >= 11 is 0. The maximum Gasteiger partial charge on any atom is 0.306 e. The zero-order valence-electron chi connectivity index (χ0n) is 11.8. The molecule has 0 aliphatic heterocycles. The predicted molar refractivity (Wildman–Crippen MR) is 76.5 cm³/mol. The van der Waals surface area contributed by atoms with Crippen molar-refractivity contribution < 1.29 is 24.2 Å². The van der Waals surface area contributed by atoms with E-state index >= 15 is 0 Å². The average molecular weight is 290 g/mol. The minimum absolute atomic E-state index is 0.0186. The number of phenols is 1. The highest BCUT2D eigenvalue weighted by atomic mass is 16.5. The van der Waals surface area contributed by atoms with Gasteiger partial charge in [-0.1, -0.05) is 18.2 Å². The highest BCUT2D eigenvalue weighted by molar-refractivity contribution is 5.78. The van der Waals surface area contributed by atoms with Crippen molar-refractivity contribution in [3.8, 4) is 5.75 Å². The third-order valence-electron chi connectivity index (χ3n) is 3.07. The average Bonchev–Trinajstić information content (AvgIpc) is 2.48. The summed E-state index contributed by atoms with van der Waals surface area (Å²) in [5.41, 5.74) is 1.17. The lowest BCUT2D eigenvalue weighted by atomic mass is 9.93. The van der Waals surface area contributed by atoms with E-state index in [1.54, 1.807) is 25.1 Å². The third kappa shape index (κ3) is 5.60. The fourth-order valence-electron chi connectivity index (χ4n) is 1.87. The number of carbonyl (C=O) groups excluding carboxylic acids is 3. The molecule has 0 saturated carbocycles. The third-order valence-corrected chi connectivity index (χ3v) is 3.07. The summed E-state index contributed by atoms with van der Waals surface area (Å²) < 4.78 is 5.10. The van der Waals surface area contributed by atoms with E-state index < -0.39 is 11.9 Å². The fraction of sp³-hybridized carbons (Fsp3) is 0.312. The first-order valence-electron chi connectivity index (χ1n) is 6.59. The van der Waals surface area contributed by atoms with Crippen molar-refractivity contribution >= 4 is 18.5 Å². The standard InChI is InChI=1S/C16H18O5/c1-2-13(10-18)14(7-8-17)9-16(20)21-11-12-3-5-15(19)6-4-12/h2-6,8,10,14,19H,7,9,11H2,1H3/b13-2-. The molecule has 0 aliphatic rings. The number of esters is 1. The van der Waals surface area contributed by atoms with Crippen molar-refractivity contribution in [2.45, 2.75) is 26.4 Å². The van der Waals surface area contributed by atoms with Crippen LogP contribution in [0.1, 0.15) is 25.3 Å². The van der Waals surface area contributed by atoms with Crippen LogP contribution in [0.25, 0.3) is 0 Å². The number of benzene rings is 1. The Labute approximate surface area is 123 Å². The summed E-state index contributed by atoms with van der Waals surface area (Å²) in [7, 11) is 0. The number of aldehydes is 2. The molecule has 21 heavy (non-hydrogen) atoms. The van der Waals surface area contributed by atoms with Crippen LogP contribution in [0.4, 0.5) is 0 Å². The van der Waals surface area contributed by atoms with Crippen molar-refractivity contribution in [3.63, 3.8) is 0 Å². The normalized spacial score (nSPS) is 12.5. The second-order valence-corrected chi connectivity index (χ2v) is 4.54. The Hall–Kier alpha value is -2.43. The fourth-order valence-corrected chi connectivity index (χ4v) is 1.87. The van der Waals surface area contributed by atoms with Crippen LogP contribution in [0.2, 0.25) is 0 Å². The van der Waals surface area contributed by atoms with Crippen molar-refractivity contribution in [1.29, 1.82) is 0 Å². The number of ether oxygens (including phenoxy) is 1. The molecule has 1 rings (SSSR count). The molecule has 0 aromatic heterocycles. The highest BCUT2D eigenvalue weighted by Crippen LogP contribution is 2.18. The van der Waals surface area contributed by atoms with Crippen LogP contribution in [0.5, 0.6) is 5.75 Å². The van der Waals surface area contributed by atoms with Gasteiger partial charge in [0.05, 0.1) is 6.42 Å². The monoisotopic (exact) mass is 290 g/mol. The number of allylic oxidation sites excluding steroid dienone is 2. The molecule has 0 heterocycles. The van der Waals surface area contributed by atoms with E-state index in [9.17, 15) is 14.4 Å².